The van der Waals surface area contributed by atoms with Crippen LogP contribution in [0.5, 0.6) is 17.2 Å². The minimum absolute atomic E-state index is 0. The minimum atomic E-state index is -0.900. The number of likely N-dealkylation sites (N-methyl/N-ethyl adjacent to an activating group) is 1. The van der Waals surface area contributed by atoms with E-state index in [1.807, 2.05) is 12.1 Å². The molecule has 0 radical (unpaired) electrons. The standard InChI is InChI=1S/C18H21NO4.C6H6O.H3N/c1-19-8-7-17-14-10-3-4-12(22-2)15(14)23-16(17)11(20)5-6-18(17,21)13(19)9-10;7-6-4-2-1-3-5-6;/h3-4,13,16,21H,5-9H2,1-2H3;1-5,7H;1H3/t13-,16+,17+,18-;;/m1../s1. The van der Waals surface area contributed by atoms with Gasteiger partial charge in [-0.25, -0.2) is 0 Å². The van der Waals surface area contributed by atoms with Crippen LogP contribution in [0, 0.1) is 0 Å². The number of carbonyl (C=O) groups is 1. The first-order valence-electron chi connectivity index (χ1n) is 10.5. The number of hydrogen-bond donors (Lipinski definition) is 3. The molecule has 5 N–H and O–H groups in total. The summed E-state index contributed by atoms with van der Waals surface area (Å²) < 4.78 is 11.6. The van der Waals surface area contributed by atoms with E-state index >= 15 is 0 Å². The average Bonchev–Trinajstić information content (AvgIpc) is 3.10. The molecule has 0 amide bonds. The number of methoxy groups -OCH3 is 1. The van der Waals surface area contributed by atoms with E-state index in [0.29, 0.717) is 30.1 Å². The lowest BCUT2D eigenvalue weighted by atomic mass is 9.49. The SMILES string of the molecule is COc1ccc2c3c1O[C@H]1C(=O)CC[C@@]4(O)[C@@H](C2)N(C)CC[C@]314.N.Oc1ccccc1. The predicted molar refractivity (Wildman–Crippen MR) is 116 cm³/mol. The van der Waals surface area contributed by atoms with E-state index in [9.17, 15) is 9.90 Å². The van der Waals surface area contributed by atoms with Crippen molar-refractivity contribution in [3.05, 3.63) is 53.6 Å². The van der Waals surface area contributed by atoms with Crippen molar-refractivity contribution in [2.75, 3.05) is 20.7 Å². The first kappa shape index (κ1) is 21.6. The molecule has 166 valence electrons. The molecule has 2 bridgehead atoms. The molecule has 4 atom stereocenters. The van der Waals surface area contributed by atoms with Crippen LogP contribution in [0.1, 0.15) is 30.4 Å². The number of aliphatic hydroxyl groups is 1. The van der Waals surface area contributed by atoms with Gasteiger partial charge in [-0.3, -0.25) is 4.79 Å². The number of Topliss-reactive ketones (excluding diaryl/α,β-unsaturated/α-hetero) is 1. The fraction of sp³-hybridized carbons (Fsp3) is 0.458. The molecule has 0 unspecified atom stereocenters. The van der Waals surface area contributed by atoms with E-state index in [-0.39, 0.29) is 18.0 Å². The Labute approximate surface area is 182 Å². The van der Waals surface area contributed by atoms with Crippen molar-refractivity contribution >= 4 is 5.78 Å². The zero-order valence-electron chi connectivity index (χ0n) is 18.0. The lowest BCUT2D eigenvalue weighted by molar-refractivity contribution is -0.185. The van der Waals surface area contributed by atoms with Crippen molar-refractivity contribution in [3.8, 4) is 17.2 Å². The van der Waals surface area contributed by atoms with Crippen molar-refractivity contribution < 1.29 is 24.5 Å². The largest absolute Gasteiger partial charge is 0.508 e. The summed E-state index contributed by atoms with van der Waals surface area (Å²) in [4.78, 5) is 14.9. The average molecular weight is 427 g/mol. The van der Waals surface area contributed by atoms with Crippen LogP contribution in [-0.2, 0) is 16.6 Å². The number of piperidine rings is 1. The normalized spacial score (nSPS) is 32.0. The van der Waals surface area contributed by atoms with E-state index in [1.165, 1.54) is 5.56 Å². The Hall–Kier alpha value is -2.61. The number of ketones is 1. The molecule has 2 aromatic carbocycles. The van der Waals surface area contributed by atoms with Crippen molar-refractivity contribution in [2.24, 2.45) is 0 Å². The van der Waals surface area contributed by atoms with Gasteiger partial charge < -0.3 is 30.7 Å². The molecule has 31 heavy (non-hydrogen) atoms. The Balaban J connectivity index is 0.000000249. The number of ether oxygens (including phenoxy) is 2. The maximum Gasteiger partial charge on any atom is 0.174 e. The fourth-order valence-corrected chi connectivity index (χ4v) is 6.11. The molecule has 6 rings (SSSR count). The number of aromatic hydroxyl groups is 1. The monoisotopic (exact) mass is 426 g/mol. The van der Waals surface area contributed by atoms with Gasteiger partial charge in [-0.2, -0.15) is 0 Å². The molecule has 2 aliphatic carbocycles. The Morgan fingerprint density at radius 2 is 1.90 bits per heavy atom. The van der Waals surface area contributed by atoms with E-state index in [4.69, 9.17) is 14.6 Å². The molecule has 1 spiro atoms. The zero-order chi connectivity index (χ0) is 21.1. The maximum absolute atomic E-state index is 12.7. The predicted octanol–water partition coefficient (Wildman–Crippen LogP) is 2.60. The summed E-state index contributed by atoms with van der Waals surface area (Å²) in [7, 11) is 3.70. The van der Waals surface area contributed by atoms with Gasteiger partial charge in [0, 0.05) is 18.0 Å². The van der Waals surface area contributed by atoms with Crippen LogP contribution >= 0.6 is 0 Å². The van der Waals surface area contributed by atoms with Gasteiger partial charge in [0.2, 0.25) is 0 Å². The lowest BCUT2D eigenvalue weighted by Crippen LogP contribution is -2.76. The van der Waals surface area contributed by atoms with Gasteiger partial charge >= 0.3 is 0 Å². The van der Waals surface area contributed by atoms with E-state index in [0.717, 1.165) is 24.9 Å². The molecule has 2 fully saturated rings. The van der Waals surface area contributed by atoms with E-state index < -0.39 is 17.1 Å². The Morgan fingerprint density at radius 1 is 1.16 bits per heavy atom. The van der Waals surface area contributed by atoms with Gasteiger partial charge in [-0.15, -0.1) is 0 Å². The van der Waals surface area contributed by atoms with Crippen LogP contribution in [0.25, 0.3) is 0 Å². The topological polar surface area (TPSA) is 114 Å². The first-order valence-corrected chi connectivity index (χ1v) is 10.5. The summed E-state index contributed by atoms with van der Waals surface area (Å²) in [6, 6.07) is 12.8. The highest BCUT2D eigenvalue weighted by Crippen LogP contribution is 2.64. The number of rotatable bonds is 1. The van der Waals surface area contributed by atoms with Crippen molar-refractivity contribution in [2.45, 2.75) is 48.8 Å². The third-order valence-electron chi connectivity index (χ3n) is 7.49. The van der Waals surface area contributed by atoms with Crippen LogP contribution in [0.2, 0.25) is 0 Å². The van der Waals surface area contributed by atoms with Crippen LogP contribution in [0.15, 0.2) is 42.5 Å². The number of carbonyl (C=O) groups excluding carboxylic acids is 1. The van der Waals surface area contributed by atoms with E-state index in [1.54, 1.807) is 31.4 Å². The van der Waals surface area contributed by atoms with Crippen LogP contribution in [0.4, 0.5) is 0 Å². The maximum atomic E-state index is 12.7. The van der Waals surface area contributed by atoms with Crippen molar-refractivity contribution in [1.29, 1.82) is 0 Å². The molecular weight excluding hydrogens is 396 g/mol. The van der Waals surface area contributed by atoms with Gasteiger partial charge in [0.1, 0.15) is 5.75 Å². The quantitative estimate of drug-likeness (QED) is 0.642. The highest BCUT2D eigenvalue weighted by molar-refractivity contribution is 5.90. The third kappa shape index (κ3) is 2.80. The summed E-state index contributed by atoms with van der Waals surface area (Å²) in [5.41, 5.74) is 0.737. The van der Waals surface area contributed by atoms with Gasteiger partial charge in [-0.05, 0) is 56.6 Å². The number of hydrogen-bond acceptors (Lipinski definition) is 7. The lowest BCUT2D eigenvalue weighted by Gasteiger charge is -2.62. The number of likely N-dealkylation sites (tertiary alicyclic amines) is 1. The van der Waals surface area contributed by atoms with Crippen molar-refractivity contribution in [1.82, 2.24) is 11.1 Å². The van der Waals surface area contributed by atoms with Crippen molar-refractivity contribution in [3.63, 3.8) is 0 Å². The first-order chi connectivity index (χ1) is 14.4. The summed E-state index contributed by atoms with van der Waals surface area (Å²) in [5, 5.41) is 20.4. The van der Waals surface area contributed by atoms with Gasteiger partial charge in [-0.1, -0.05) is 24.3 Å². The fourth-order valence-electron chi connectivity index (χ4n) is 6.11. The molecule has 0 aromatic heterocycles. The molecular formula is C24H30N2O5. The summed E-state index contributed by atoms with van der Waals surface area (Å²) in [5.74, 6) is 1.79. The van der Waals surface area contributed by atoms with Crippen LogP contribution in [0.3, 0.4) is 0 Å². The van der Waals surface area contributed by atoms with Gasteiger partial charge in [0.25, 0.3) is 0 Å². The van der Waals surface area contributed by atoms with Crippen LogP contribution < -0.4 is 15.6 Å². The van der Waals surface area contributed by atoms with Gasteiger partial charge in [0.15, 0.2) is 23.4 Å². The summed E-state index contributed by atoms with van der Waals surface area (Å²) in [6.07, 6.45) is 1.89. The number of para-hydroxylation sites is 1. The molecule has 1 saturated carbocycles. The third-order valence-corrected chi connectivity index (χ3v) is 7.49. The second-order valence-electron chi connectivity index (χ2n) is 8.78. The molecule has 2 heterocycles. The molecule has 1 saturated heterocycles. The summed E-state index contributed by atoms with van der Waals surface area (Å²) >= 11 is 0. The second kappa shape index (κ2) is 7.51. The highest BCUT2D eigenvalue weighted by Gasteiger charge is 2.72. The Morgan fingerprint density at radius 3 is 2.55 bits per heavy atom. The van der Waals surface area contributed by atoms with E-state index in [2.05, 4.69) is 18.0 Å². The second-order valence-corrected chi connectivity index (χ2v) is 8.78. The van der Waals surface area contributed by atoms with Gasteiger partial charge in [0.05, 0.1) is 18.1 Å². The minimum Gasteiger partial charge on any atom is -0.508 e. The highest BCUT2D eigenvalue weighted by atomic mass is 16.5. The Bertz CT molecular complexity index is 997. The number of phenols is 1. The zero-order valence-corrected chi connectivity index (χ0v) is 18.0. The van der Waals surface area contributed by atoms with Crippen LogP contribution in [-0.4, -0.2) is 59.3 Å². The number of phenolic OH excluding ortho intramolecular Hbond substituents is 1. The molecule has 7 nitrogen and oxygen atoms in total. The molecule has 4 aliphatic rings. The number of nitrogens with zero attached hydrogens (tertiary/aromatic N) is 1. The molecule has 7 heteroatoms. The smallest absolute Gasteiger partial charge is 0.174 e. The molecule has 2 aliphatic heterocycles. The Kier molecular flexibility index (Phi) is 5.24. The summed E-state index contributed by atoms with van der Waals surface area (Å²) in [6.45, 7) is 0.871. The number of benzene rings is 2. The molecule has 2 aromatic rings.